The van der Waals surface area contributed by atoms with Gasteiger partial charge < -0.3 is 0 Å². The minimum atomic E-state index is -0.419. The van der Waals surface area contributed by atoms with Gasteiger partial charge in [0, 0.05) is 12.0 Å². The second kappa shape index (κ2) is 4.75. The summed E-state index contributed by atoms with van der Waals surface area (Å²) in [5.74, 6) is 0.0377. The number of ketones is 1. The van der Waals surface area contributed by atoms with Gasteiger partial charge in [0.15, 0.2) is 5.78 Å². The smallest absolute Gasteiger partial charge is 0.163 e. The molecule has 0 radical (unpaired) electrons. The lowest BCUT2D eigenvalue weighted by Gasteiger charge is -2.02. The van der Waals surface area contributed by atoms with E-state index in [0.717, 1.165) is 11.1 Å². The van der Waals surface area contributed by atoms with Gasteiger partial charge >= 0.3 is 0 Å². The first kappa shape index (κ1) is 9.90. The van der Waals surface area contributed by atoms with Crippen LogP contribution in [0.5, 0.6) is 0 Å². The number of carbonyl (C=O) groups excluding carboxylic acids is 1. The SMILES string of the molecule is Cc1ccccc1C(=O)CCCF. The summed E-state index contributed by atoms with van der Waals surface area (Å²) < 4.78 is 11.8. The number of carbonyl (C=O) groups is 1. The van der Waals surface area contributed by atoms with Crippen LogP contribution in [0.15, 0.2) is 24.3 Å². The highest BCUT2D eigenvalue weighted by Gasteiger charge is 2.06. The van der Waals surface area contributed by atoms with Crippen molar-refractivity contribution in [1.82, 2.24) is 0 Å². The predicted molar refractivity (Wildman–Crippen MR) is 50.7 cm³/mol. The molecule has 0 amide bonds. The molecule has 0 aromatic heterocycles. The van der Waals surface area contributed by atoms with E-state index in [1.165, 1.54) is 0 Å². The molecule has 2 heteroatoms. The van der Waals surface area contributed by atoms with Crippen LogP contribution in [0.4, 0.5) is 4.39 Å². The molecule has 70 valence electrons. The molecule has 0 atom stereocenters. The fraction of sp³-hybridized carbons (Fsp3) is 0.364. The summed E-state index contributed by atoms with van der Waals surface area (Å²) in [5.41, 5.74) is 1.68. The monoisotopic (exact) mass is 180 g/mol. The summed E-state index contributed by atoms with van der Waals surface area (Å²) in [6.45, 7) is 1.47. The van der Waals surface area contributed by atoms with Crippen LogP contribution < -0.4 is 0 Å². The Kier molecular flexibility index (Phi) is 3.62. The molecule has 0 aliphatic rings. The van der Waals surface area contributed by atoms with Gasteiger partial charge in [-0.3, -0.25) is 9.18 Å². The van der Waals surface area contributed by atoms with Crippen LogP contribution in [-0.4, -0.2) is 12.5 Å². The topological polar surface area (TPSA) is 17.1 Å². The molecule has 13 heavy (non-hydrogen) atoms. The Morgan fingerprint density at radius 2 is 2.08 bits per heavy atom. The summed E-state index contributed by atoms with van der Waals surface area (Å²) in [6, 6.07) is 7.40. The Morgan fingerprint density at radius 3 is 2.69 bits per heavy atom. The van der Waals surface area contributed by atoms with Crippen LogP contribution >= 0.6 is 0 Å². The van der Waals surface area contributed by atoms with E-state index in [2.05, 4.69) is 0 Å². The van der Waals surface area contributed by atoms with Crippen molar-refractivity contribution in [2.24, 2.45) is 0 Å². The standard InChI is InChI=1S/C11H13FO/c1-9-5-2-3-6-10(9)11(13)7-4-8-12/h2-3,5-6H,4,7-8H2,1H3. The van der Waals surface area contributed by atoms with Gasteiger partial charge in [-0.15, -0.1) is 0 Å². The van der Waals surface area contributed by atoms with Gasteiger partial charge in [-0.2, -0.15) is 0 Å². The predicted octanol–water partition coefficient (Wildman–Crippen LogP) is 2.93. The first-order valence-corrected chi connectivity index (χ1v) is 4.40. The number of hydrogen-bond donors (Lipinski definition) is 0. The third-order valence-corrected chi connectivity index (χ3v) is 1.98. The maximum absolute atomic E-state index is 11.8. The first-order chi connectivity index (χ1) is 6.25. The minimum Gasteiger partial charge on any atom is -0.294 e. The largest absolute Gasteiger partial charge is 0.294 e. The zero-order chi connectivity index (χ0) is 9.68. The molecule has 1 rings (SSSR count). The van der Waals surface area contributed by atoms with E-state index < -0.39 is 6.67 Å². The second-order valence-electron chi connectivity index (χ2n) is 3.03. The average Bonchev–Trinajstić information content (AvgIpc) is 2.15. The highest BCUT2D eigenvalue weighted by molar-refractivity contribution is 5.97. The van der Waals surface area contributed by atoms with E-state index in [9.17, 15) is 9.18 Å². The Balaban J connectivity index is 2.71. The van der Waals surface area contributed by atoms with Gasteiger partial charge in [0.2, 0.25) is 0 Å². The van der Waals surface area contributed by atoms with Crippen molar-refractivity contribution >= 4 is 5.78 Å². The normalized spacial score (nSPS) is 10.0. The molecule has 1 aromatic rings. The number of hydrogen-bond acceptors (Lipinski definition) is 1. The number of aryl methyl sites for hydroxylation is 1. The van der Waals surface area contributed by atoms with Gasteiger partial charge in [0.05, 0.1) is 6.67 Å². The van der Waals surface area contributed by atoms with Gasteiger partial charge in [-0.05, 0) is 18.9 Å². The third kappa shape index (κ3) is 2.65. The van der Waals surface area contributed by atoms with E-state index in [-0.39, 0.29) is 5.78 Å². The van der Waals surface area contributed by atoms with Crippen LogP contribution in [0.2, 0.25) is 0 Å². The quantitative estimate of drug-likeness (QED) is 0.651. The fourth-order valence-corrected chi connectivity index (χ4v) is 1.25. The lowest BCUT2D eigenvalue weighted by Crippen LogP contribution is -2.01. The highest BCUT2D eigenvalue weighted by atomic mass is 19.1. The number of benzene rings is 1. The van der Waals surface area contributed by atoms with Gasteiger partial charge in [-0.25, -0.2) is 0 Å². The Morgan fingerprint density at radius 1 is 1.38 bits per heavy atom. The van der Waals surface area contributed by atoms with Crippen molar-refractivity contribution in [3.8, 4) is 0 Å². The summed E-state index contributed by atoms with van der Waals surface area (Å²) in [5, 5.41) is 0. The Bertz CT molecular complexity index is 294. The molecule has 0 aliphatic carbocycles. The lowest BCUT2D eigenvalue weighted by atomic mass is 10.0. The highest BCUT2D eigenvalue weighted by Crippen LogP contribution is 2.10. The van der Waals surface area contributed by atoms with Crippen LogP contribution in [0.1, 0.15) is 28.8 Å². The molecule has 0 fully saturated rings. The Hall–Kier alpha value is -1.18. The molecule has 0 aliphatic heterocycles. The summed E-state index contributed by atoms with van der Waals surface area (Å²) in [6.07, 6.45) is 0.633. The van der Waals surface area contributed by atoms with Gasteiger partial charge in [0.1, 0.15) is 0 Å². The minimum absolute atomic E-state index is 0.0377. The molecule has 1 nitrogen and oxygen atoms in total. The molecule has 0 N–H and O–H groups in total. The van der Waals surface area contributed by atoms with E-state index in [4.69, 9.17) is 0 Å². The summed E-state index contributed by atoms with van der Waals surface area (Å²) in [7, 11) is 0. The second-order valence-corrected chi connectivity index (χ2v) is 3.03. The fourth-order valence-electron chi connectivity index (χ4n) is 1.25. The lowest BCUT2D eigenvalue weighted by molar-refractivity contribution is 0.0976. The summed E-state index contributed by atoms with van der Waals surface area (Å²) >= 11 is 0. The molecule has 0 heterocycles. The first-order valence-electron chi connectivity index (χ1n) is 4.40. The molecule has 0 saturated heterocycles. The average molecular weight is 180 g/mol. The van der Waals surface area contributed by atoms with Crippen molar-refractivity contribution in [3.05, 3.63) is 35.4 Å². The molecular formula is C11H13FO. The molecule has 0 unspecified atom stereocenters. The van der Waals surface area contributed by atoms with Crippen molar-refractivity contribution < 1.29 is 9.18 Å². The van der Waals surface area contributed by atoms with Gasteiger partial charge in [-0.1, -0.05) is 24.3 Å². The van der Waals surface area contributed by atoms with Gasteiger partial charge in [0.25, 0.3) is 0 Å². The maximum atomic E-state index is 11.8. The number of Topliss-reactive ketones (excluding diaryl/α,β-unsaturated/α-hetero) is 1. The van der Waals surface area contributed by atoms with Crippen molar-refractivity contribution in [2.75, 3.05) is 6.67 Å². The summed E-state index contributed by atoms with van der Waals surface area (Å²) in [4.78, 5) is 11.5. The molecule has 0 bridgehead atoms. The number of alkyl halides is 1. The van der Waals surface area contributed by atoms with Crippen LogP contribution in [0.3, 0.4) is 0 Å². The van der Waals surface area contributed by atoms with Crippen molar-refractivity contribution in [3.63, 3.8) is 0 Å². The zero-order valence-corrected chi connectivity index (χ0v) is 7.72. The molecule has 1 aromatic carbocycles. The van der Waals surface area contributed by atoms with E-state index in [1.54, 1.807) is 6.07 Å². The third-order valence-electron chi connectivity index (χ3n) is 1.98. The number of rotatable bonds is 4. The van der Waals surface area contributed by atoms with Crippen LogP contribution in [0, 0.1) is 6.92 Å². The van der Waals surface area contributed by atoms with Crippen LogP contribution in [-0.2, 0) is 0 Å². The van der Waals surface area contributed by atoms with Crippen molar-refractivity contribution in [1.29, 1.82) is 0 Å². The van der Waals surface area contributed by atoms with E-state index in [0.29, 0.717) is 12.8 Å². The molecule has 0 saturated carbocycles. The maximum Gasteiger partial charge on any atom is 0.163 e. The van der Waals surface area contributed by atoms with E-state index in [1.807, 2.05) is 25.1 Å². The zero-order valence-electron chi connectivity index (χ0n) is 7.72. The Labute approximate surface area is 77.6 Å². The number of halogens is 1. The van der Waals surface area contributed by atoms with Crippen LogP contribution in [0.25, 0.3) is 0 Å². The molecule has 0 spiro atoms. The molecular weight excluding hydrogens is 167 g/mol. The van der Waals surface area contributed by atoms with E-state index >= 15 is 0 Å². The van der Waals surface area contributed by atoms with Crippen molar-refractivity contribution in [2.45, 2.75) is 19.8 Å².